The smallest absolute Gasteiger partial charge is 0.312 e. The van der Waals surface area contributed by atoms with Gasteiger partial charge in [0.1, 0.15) is 6.04 Å². The van der Waals surface area contributed by atoms with Gasteiger partial charge in [0.2, 0.25) is 15.9 Å². The van der Waals surface area contributed by atoms with E-state index in [2.05, 4.69) is 12.2 Å². The van der Waals surface area contributed by atoms with Crippen molar-refractivity contribution in [2.75, 3.05) is 26.2 Å². The Morgan fingerprint density at radius 2 is 1.69 bits per heavy atom. The number of hydrogen-bond acceptors (Lipinski definition) is 4. The molecule has 8 nitrogen and oxygen atoms in total. The quantitative estimate of drug-likeness (QED) is 0.659. The van der Waals surface area contributed by atoms with Crippen LogP contribution in [-0.4, -0.2) is 61.8 Å². The minimum atomic E-state index is -3.60. The highest BCUT2D eigenvalue weighted by Gasteiger charge is 2.33. The highest BCUT2D eigenvalue weighted by atomic mass is 32.2. The van der Waals surface area contributed by atoms with Crippen LogP contribution < -0.4 is 11.1 Å². The largest absolute Gasteiger partial charge is 0.352 e. The second-order valence-electron chi connectivity index (χ2n) is 7.81. The fraction of sp³-hybridized carbons (Fsp3) is 0.600. The van der Waals surface area contributed by atoms with Crippen LogP contribution in [0.1, 0.15) is 39.2 Å². The number of primary amides is 1. The van der Waals surface area contributed by atoms with Crippen molar-refractivity contribution in [2.24, 2.45) is 11.7 Å². The van der Waals surface area contributed by atoms with Gasteiger partial charge in [-0.05, 0) is 36.5 Å². The Morgan fingerprint density at radius 3 is 2.17 bits per heavy atom. The van der Waals surface area contributed by atoms with Crippen LogP contribution in [0, 0.1) is 5.92 Å². The van der Waals surface area contributed by atoms with Crippen molar-refractivity contribution < 1.29 is 18.0 Å². The van der Waals surface area contributed by atoms with E-state index in [-0.39, 0.29) is 42.9 Å². The normalized spacial score (nSPS) is 16.6. The molecule has 29 heavy (non-hydrogen) atoms. The summed E-state index contributed by atoms with van der Waals surface area (Å²) in [6.07, 6.45) is 2.40. The predicted octanol–water partition coefficient (Wildman–Crippen LogP) is 1.56. The third-order valence-corrected chi connectivity index (χ3v) is 6.88. The Labute approximate surface area is 173 Å². The Balaban J connectivity index is 2.02. The Hall–Kier alpha value is -2.13. The SMILES string of the molecule is CCCc1ccc(S(=O)(=O)N2CCN(C(=O)[C@H](CC(C)C)NC(N)=O)CC2)cc1. The minimum Gasteiger partial charge on any atom is -0.352 e. The molecule has 0 unspecified atom stereocenters. The van der Waals surface area contributed by atoms with Gasteiger partial charge in [-0.25, -0.2) is 13.2 Å². The van der Waals surface area contributed by atoms with Crippen LogP contribution in [0.25, 0.3) is 0 Å². The van der Waals surface area contributed by atoms with E-state index < -0.39 is 22.1 Å². The number of carbonyl (C=O) groups is 2. The number of amides is 3. The number of urea groups is 1. The molecule has 0 radical (unpaired) electrons. The molecule has 1 heterocycles. The van der Waals surface area contributed by atoms with E-state index in [1.165, 1.54) is 4.31 Å². The zero-order chi connectivity index (χ0) is 21.6. The zero-order valence-electron chi connectivity index (χ0n) is 17.4. The summed E-state index contributed by atoms with van der Waals surface area (Å²) in [5.41, 5.74) is 6.31. The Morgan fingerprint density at radius 1 is 1.10 bits per heavy atom. The standard InChI is InChI=1S/C20H32N4O4S/c1-4-5-16-6-8-17(9-7-16)29(27,28)24-12-10-23(11-13-24)19(25)18(14-15(2)3)22-20(21)26/h6-9,15,18H,4-5,10-14H2,1-3H3,(H3,21,22,26)/t18-/m0/s1. The molecule has 1 aliphatic heterocycles. The van der Waals surface area contributed by atoms with Gasteiger partial charge in [-0.2, -0.15) is 4.31 Å². The highest BCUT2D eigenvalue weighted by Crippen LogP contribution is 2.19. The zero-order valence-corrected chi connectivity index (χ0v) is 18.2. The lowest BCUT2D eigenvalue weighted by Crippen LogP contribution is -2.56. The molecule has 1 atom stereocenters. The molecular weight excluding hydrogens is 392 g/mol. The molecule has 3 N–H and O–H groups in total. The third kappa shape index (κ3) is 6.17. The maximum absolute atomic E-state index is 12.9. The lowest BCUT2D eigenvalue weighted by Gasteiger charge is -2.36. The topological polar surface area (TPSA) is 113 Å². The van der Waals surface area contributed by atoms with Crippen LogP contribution in [0.15, 0.2) is 29.2 Å². The van der Waals surface area contributed by atoms with Crippen molar-refractivity contribution in [3.05, 3.63) is 29.8 Å². The number of nitrogens with zero attached hydrogens (tertiary/aromatic N) is 2. The molecule has 1 aliphatic rings. The third-order valence-electron chi connectivity index (χ3n) is 4.97. The molecule has 2 rings (SSSR count). The number of sulfonamides is 1. The minimum absolute atomic E-state index is 0.202. The van der Waals surface area contributed by atoms with E-state index in [4.69, 9.17) is 5.73 Å². The van der Waals surface area contributed by atoms with Crippen LogP contribution in [0.4, 0.5) is 4.79 Å². The van der Waals surface area contributed by atoms with Gasteiger partial charge in [0.15, 0.2) is 0 Å². The van der Waals surface area contributed by atoms with Gasteiger partial charge in [-0.15, -0.1) is 0 Å². The first-order chi connectivity index (χ1) is 13.6. The molecule has 0 saturated carbocycles. The number of benzene rings is 1. The summed E-state index contributed by atoms with van der Waals surface area (Å²) in [6, 6.07) is 5.56. The predicted molar refractivity (Wildman–Crippen MR) is 112 cm³/mol. The number of aryl methyl sites for hydroxylation is 1. The summed E-state index contributed by atoms with van der Waals surface area (Å²) in [4.78, 5) is 25.9. The second-order valence-corrected chi connectivity index (χ2v) is 9.75. The molecule has 3 amide bonds. The van der Waals surface area contributed by atoms with Crippen molar-refractivity contribution in [3.63, 3.8) is 0 Å². The van der Waals surface area contributed by atoms with E-state index in [0.717, 1.165) is 18.4 Å². The number of carbonyl (C=O) groups excluding carboxylic acids is 2. The summed E-state index contributed by atoms with van der Waals surface area (Å²) in [6.45, 7) is 6.99. The van der Waals surface area contributed by atoms with E-state index in [0.29, 0.717) is 6.42 Å². The van der Waals surface area contributed by atoms with Gasteiger partial charge in [-0.3, -0.25) is 4.79 Å². The molecule has 1 aromatic rings. The molecule has 1 aromatic carbocycles. The van der Waals surface area contributed by atoms with Crippen molar-refractivity contribution in [2.45, 2.75) is 51.0 Å². The number of piperazine rings is 1. The lowest BCUT2D eigenvalue weighted by molar-refractivity contribution is -0.134. The molecule has 0 aromatic heterocycles. The maximum atomic E-state index is 12.9. The maximum Gasteiger partial charge on any atom is 0.312 e. The molecule has 162 valence electrons. The molecule has 0 bridgehead atoms. The number of rotatable bonds is 8. The second kappa shape index (κ2) is 10.1. The van der Waals surface area contributed by atoms with Gasteiger partial charge < -0.3 is 16.0 Å². The van der Waals surface area contributed by atoms with Crippen LogP contribution in [-0.2, 0) is 21.2 Å². The van der Waals surface area contributed by atoms with E-state index in [1.807, 2.05) is 26.0 Å². The first-order valence-corrected chi connectivity index (χ1v) is 11.5. The summed E-state index contributed by atoms with van der Waals surface area (Å²) in [5.74, 6) is -0.0217. The fourth-order valence-corrected chi connectivity index (χ4v) is 4.92. The highest BCUT2D eigenvalue weighted by molar-refractivity contribution is 7.89. The summed E-state index contributed by atoms with van der Waals surface area (Å²) < 4.78 is 27.2. The van der Waals surface area contributed by atoms with Crippen molar-refractivity contribution in [3.8, 4) is 0 Å². The molecule has 1 fully saturated rings. The lowest BCUT2D eigenvalue weighted by atomic mass is 10.0. The van der Waals surface area contributed by atoms with Crippen LogP contribution in [0.3, 0.4) is 0 Å². The first-order valence-electron chi connectivity index (χ1n) is 10.1. The van der Waals surface area contributed by atoms with Crippen LogP contribution in [0.5, 0.6) is 0 Å². The van der Waals surface area contributed by atoms with Crippen molar-refractivity contribution in [1.82, 2.24) is 14.5 Å². The average molecular weight is 425 g/mol. The van der Waals surface area contributed by atoms with E-state index in [1.54, 1.807) is 17.0 Å². The first kappa shape index (κ1) is 23.2. The summed E-state index contributed by atoms with van der Waals surface area (Å²) in [5, 5.41) is 2.51. The monoisotopic (exact) mass is 424 g/mol. The molecule has 0 spiro atoms. The van der Waals surface area contributed by atoms with Crippen molar-refractivity contribution >= 4 is 22.0 Å². The van der Waals surface area contributed by atoms with Crippen molar-refractivity contribution in [1.29, 1.82) is 0 Å². The van der Waals surface area contributed by atoms with Crippen LogP contribution >= 0.6 is 0 Å². The van der Waals surface area contributed by atoms with E-state index >= 15 is 0 Å². The average Bonchev–Trinajstić information content (AvgIpc) is 2.67. The Kier molecular flexibility index (Phi) is 8.04. The van der Waals surface area contributed by atoms with E-state index in [9.17, 15) is 18.0 Å². The van der Waals surface area contributed by atoms with Gasteiger partial charge in [-0.1, -0.05) is 39.3 Å². The number of nitrogens with one attached hydrogen (secondary N) is 1. The molecule has 9 heteroatoms. The van der Waals surface area contributed by atoms with Crippen LogP contribution in [0.2, 0.25) is 0 Å². The van der Waals surface area contributed by atoms with Gasteiger partial charge in [0.05, 0.1) is 4.90 Å². The van der Waals surface area contributed by atoms with Gasteiger partial charge >= 0.3 is 6.03 Å². The fourth-order valence-electron chi connectivity index (χ4n) is 3.50. The number of nitrogens with two attached hydrogens (primary N) is 1. The number of hydrogen-bond donors (Lipinski definition) is 2. The Bertz CT molecular complexity index is 800. The van der Waals surface area contributed by atoms with Gasteiger partial charge in [0, 0.05) is 26.2 Å². The van der Waals surface area contributed by atoms with Gasteiger partial charge in [0.25, 0.3) is 0 Å². The molecular formula is C20H32N4O4S. The molecule has 0 aliphatic carbocycles. The summed E-state index contributed by atoms with van der Waals surface area (Å²) in [7, 11) is -3.60. The molecule has 1 saturated heterocycles. The summed E-state index contributed by atoms with van der Waals surface area (Å²) >= 11 is 0.